The van der Waals surface area contributed by atoms with Crippen molar-refractivity contribution in [3.05, 3.63) is 70.8 Å². The molecule has 1 atom stereocenters. The number of hydrogen-bond donors (Lipinski definition) is 1. The number of rotatable bonds is 8. The Labute approximate surface area is 175 Å². The van der Waals surface area contributed by atoms with E-state index in [4.69, 9.17) is 4.74 Å². The van der Waals surface area contributed by atoms with Gasteiger partial charge in [0, 0.05) is 19.5 Å². The van der Waals surface area contributed by atoms with E-state index < -0.39 is 12.1 Å². The Kier molecular flexibility index (Phi) is 6.61. The fraction of sp³-hybridized carbons (Fsp3) is 0.304. The molecule has 0 saturated heterocycles. The molecular weight excluding hydrogens is 384 g/mol. The summed E-state index contributed by atoms with van der Waals surface area (Å²) in [6.45, 7) is 3.83. The summed E-state index contributed by atoms with van der Waals surface area (Å²) >= 11 is 0. The topological polar surface area (TPSA) is 92.8 Å². The molecule has 156 valence electrons. The van der Waals surface area contributed by atoms with Gasteiger partial charge in [-0.2, -0.15) is 0 Å². The summed E-state index contributed by atoms with van der Waals surface area (Å²) in [7, 11) is 0. The van der Waals surface area contributed by atoms with Gasteiger partial charge in [-0.1, -0.05) is 42.0 Å². The number of carbonyl (C=O) groups is 4. The van der Waals surface area contributed by atoms with E-state index in [9.17, 15) is 19.2 Å². The molecule has 3 rings (SSSR count). The quantitative estimate of drug-likeness (QED) is 0.535. The minimum Gasteiger partial charge on any atom is -0.453 e. The van der Waals surface area contributed by atoms with Gasteiger partial charge in [0.25, 0.3) is 17.7 Å². The number of aryl methyl sites for hydroxylation is 1. The average molecular weight is 408 g/mol. The number of carbonyl (C=O) groups excluding carboxylic acids is 4. The largest absolute Gasteiger partial charge is 0.453 e. The molecule has 1 aliphatic heterocycles. The highest BCUT2D eigenvalue weighted by Crippen LogP contribution is 2.24. The van der Waals surface area contributed by atoms with Gasteiger partial charge in [0.15, 0.2) is 6.10 Å². The van der Waals surface area contributed by atoms with Gasteiger partial charge >= 0.3 is 5.97 Å². The van der Waals surface area contributed by atoms with Crippen LogP contribution >= 0.6 is 0 Å². The number of nitrogens with zero attached hydrogens (tertiary/aromatic N) is 1. The number of fused-ring (bicyclic) bond motifs is 1. The number of benzene rings is 2. The first-order valence-corrected chi connectivity index (χ1v) is 9.85. The number of imide groups is 1. The van der Waals surface area contributed by atoms with Gasteiger partial charge in [0.1, 0.15) is 0 Å². The third-order valence-electron chi connectivity index (χ3n) is 4.88. The summed E-state index contributed by atoms with van der Waals surface area (Å²) in [5, 5.41) is 2.72. The molecule has 0 aromatic heterocycles. The molecular formula is C23H24N2O5. The maximum absolute atomic E-state index is 12.4. The van der Waals surface area contributed by atoms with Crippen LogP contribution in [-0.2, 0) is 20.9 Å². The van der Waals surface area contributed by atoms with E-state index in [2.05, 4.69) is 5.32 Å². The van der Waals surface area contributed by atoms with E-state index >= 15 is 0 Å². The minimum atomic E-state index is -0.927. The highest BCUT2D eigenvalue weighted by molar-refractivity contribution is 6.21. The predicted molar refractivity (Wildman–Crippen MR) is 110 cm³/mol. The summed E-state index contributed by atoms with van der Waals surface area (Å²) in [4.78, 5) is 50.1. The second-order valence-electron chi connectivity index (χ2n) is 7.25. The first kappa shape index (κ1) is 21.2. The van der Waals surface area contributed by atoms with Crippen molar-refractivity contribution < 1.29 is 23.9 Å². The zero-order chi connectivity index (χ0) is 21.7. The summed E-state index contributed by atoms with van der Waals surface area (Å²) in [6, 6.07) is 14.5. The smallest absolute Gasteiger partial charge is 0.306 e. The van der Waals surface area contributed by atoms with Gasteiger partial charge in [-0.15, -0.1) is 0 Å². The fourth-order valence-electron chi connectivity index (χ4n) is 3.23. The van der Waals surface area contributed by atoms with Crippen LogP contribution in [0.1, 0.15) is 51.6 Å². The molecule has 2 aromatic carbocycles. The summed E-state index contributed by atoms with van der Waals surface area (Å²) in [5.74, 6) is -1.63. The van der Waals surface area contributed by atoms with E-state index in [-0.39, 0.29) is 37.1 Å². The van der Waals surface area contributed by atoms with Crippen molar-refractivity contribution in [2.75, 3.05) is 6.54 Å². The van der Waals surface area contributed by atoms with Gasteiger partial charge in [0.05, 0.1) is 11.1 Å². The standard InChI is InChI=1S/C23H24N2O5/c1-15-10-11-18-19(13-15)23(29)25(22(18)28)12-6-9-20(26)30-16(2)21(27)24-14-17-7-4-3-5-8-17/h3-5,7-8,10-11,13,16H,6,9,12,14H2,1-2H3,(H,24,27). The van der Waals surface area contributed by atoms with Crippen LogP contribution in [0.25, 0.3) is 0 Å². The van der Waals surface area contributed by atoms with E-state index in [0.717, 1.165) is 16.0 Å². The molecule has 3 amide bonds. The van der Waals surface area contributed by atoms with Crippen molar-refractivity contribution >= 4 is 23.7 Å². The van der Waals surface area contributed by atoms with E-state index in [1.807, 2.05) is 37.3 Å². The molecule has 0 radical (unpaired) electrons. The zero-order valence-electron chi connectivity index (χ0n) is 17.0. The van der Waals surface area contributed by atoms with Crippen LogP contribution < -0.4 is 5.32 Å². The third-order valence-corrected chi connectivity index (χ3v) is 4.88. The zero-order valence-corrected chi connectivity index (χ0v) is 17.0. The summed E-state index contributed by atoms with van der Waals surface area (Å²) in [5.41, 5.74) is 2.63. The van der Waals surface area contributed by atoms with Gasteiger partial charge in [-0.05, 0) is 38.0 Å². The second-order valence-corrected chi connectivity index (χ2v) is 7.25. The molecule has 1 unspecified atom stereocenters. The monoisotopic (exact) mass is 408 g/mol. The first-order valence-electron chi connectivity index (χ1n) is 9.85. The Hall–Kier alpha value is -3.48. The van der Waals surface area contributed by atoms with E-state index in [1.165, 1.54) is 6.92 Å². The Morgan fingerprint density at radius 3 is 2.47 bits per heavy atom. The van der Waals surface area contributed by atoms with Gasteiger partial charge < -0.3 is 10.1 Å². The lowest BCUT2D eigenvalue weighted by atomic mass is 10.1. The molecule has 30 heavy (non-hydrogen) atoms. The van der Waals surface area contributed by atoms with Crippen molar-refractivity contribution in [3.63, 3.8) is 0 Å². The lowest BCUT2D eigenvalue weighted by molar-refractivity contribution is -0.155. The summed E-state index contributed by atoms with van der Waals surface area (Å²) < 4.78 is 5.16. The summed E-state index contributed by atoms with van der Waals surface area (Å²) in [6.07, 6.45) is -0.659. The van der Waals surface area contributed by atoms with Crippen molar-refractivity contribution in [2.24, 2.45) is 0 Å². The maximum Gasteiger partial charge on any atom is 0.306 e. The van der Waals surface area contributed by atoms with E-state index in [1.54, 1.807) is 18.2 Å². The lowest BCUT2D eigenvalue weighted by Crippen LogP contribution is -2.35. The highest BCUT2D eigenvalue weighted by Gasteiger charge is 2.35. The Morgan fingerprint density at radius 2 is 1.73 bits per heavy atom. The Bertz CT molecular complexity index is 971. The molecule has 0 aliphatic carbocycles. The second kappa shape index (κ2) is 9.35. The third kappa shape index (κ3) is 4.92. The maximum atomic E-state index is 12.4. The minimum absolute atomic E-state index is 0.00272. The van der Waals surface area contributed by atoms with Crippen LogP contribution in [0.3, 0.4) is 0 Å². The molecule has 1 heterocycles. The van der Waals surface area contributed by atoms with Crippen LogP contribution in [-0.4, -0.2) is 41.2 Å². The first-order chi connectivity index (χ1) is 14.4. The van der Waals surface area contributed by atoms with Crippen molar-refractivity contribution in [1.82, 2.24) is 10.2 Å². The Balaban J connectivity index is 1.42. The average Bonchev–Trinajstić information content (AvgIpc) is 2.96. The molecule has 0 spiro atoms. The molecule has 1 N–H and O–H groups in total. The van der Waals surface area contributed by atoms with Crippen molar-refractivity contribution in [2.45, 2.75) is 39.3 Å². The van der Waals surface area contributed by atoms with Gasteiger partial charge in [0.2, 0.25) is 0 Å². The van der Waals surface area contributed by atoms with Gasteiger partial charge in [-0.25, -0.2) is 0 Å². The molecule has 0 saturated carbocycles. The van der Waals surface area contributed by atoms with Crippen LogP contribution in [0, 0.1) is 6.92 Å². The number of nitrogens with one attached hydrogen (secondary N) is 1. The predicted octanol–water partition coefficient (Wildman–Crippen LogP) is 2.62. The van der Waals surface area contributed by atoms with Crippen LogP contribution in [0.5, 0.6) is 0 Å². The SMILES string of the molecule is Cc1ccc2c(c1)C(=O)N(CCCC(=O)OC(C)C(=O)NCc1ccccc1)C2=O. The highest BCUT2D eigenvalue weighted by atomic mass is 16.5. The molecule has 0 bridgehead atoms. The number of esters is 1. The molecule has 0 fully saturated rings. The molecule has 2 aromatic rings. The molecule has 7 nitrogen and oxygen atoms in total. The van der Waals surface area contributed by atoms with E-state index in [0.29, 0.717) is 17.7 Å². The number of ether oxygens (including phenoxy) is 1. The van der Waals surface area contributed by atoms with Crippen molar-refractivity contribution in [1.29, 1.82) is 0 Å². The Morgan fingerprint density at radius 1 is 1.03 bits per heavy atom. The number of amides is 3. The van der Waals surface area contributed by atoms with Crippen LogP contribution in [0.4, 0.5) is 0 Å². The normalized spacial score (nSPS) is 13.7. The molecule has 7 heteroatoms. The van der Waals surface area contributed by atoms with Crippen molar-refractivity contribution in [3.8, 4) is 0 Å². The number of hydrogen-bond acceptors (Lipinski definition) is 5. The molecule has 1 aliphatic rings. The lowest BCUT2D eigenvalue weighted by Gasteiger charge is -2.15. The van der Waals surface area contributed by atoms with Crippen LogP contribution in [0.2, 0.25) is 0 Å². The fourth-order valence-corrected chi connectivity index (χ4v) is 3.23. The van der Waals surface area contributed by atoms with Crippen LogP contribution in [0.15, 0.2) is 48.5 Å². The van der Waals surface area contributed by atoms with Gasteiger partial charge in [-0.3, -0.25) is 24.1 Å².